The van der Waals surface area contributed by atoms with Crippen molar-refractivity contribution in [3.8, 4) is 12.3 Å². The van der Waals surface area contributed by atoms with Gasteiger partial charge in [0.2, 0.25) is 5.91 Å². The molecular formula is C9H14N2O. The van der Waals surface area contributed by atoms with Crippen LogP contribution in [0.4, 0.5) is 0 Å². The van der Waals surface area contributed by atoms with Gasteiger partial charge in [-0.05, 0) is 6.42 Å². The van der Waals surface area contributed by atoms with Gasteiger partial charge in [0.25, 0.3) is 0 Å². The Morgan fingerprint density at radius 3 is 3.17 bits per heavy atom. The molecule has 1 aliphatic rings. The molecule has 1 rings (SSSR count). The second-order valence-electron chi connectivity index (χ2n) is 2.89. The number of hydrogen-bond acceptors (Lipinski definition) is 2. The summed E-state index contributed by atoms with van der Waals surface area (Å²) in [5.74, 6) is 2.68. The van der Waals surface area contributed by atoms with Crippen molar-refractivity contribution in [3.05, 3.63) is 0 Å². The lowest BCUT2D eigenvalue weighted by Gasteiger charge is -2.32. The van der Waals surface area contributed by atoms with E-state index in [9.17, 15) is 4.79 Å². The first kappa shape index (κ1) is 9.08. The fourth-order valence-electron chi connectivity index (χ4n) is 1.51. The second kappa shape index (κ2) is 4.13. The van der Waals surface area contributed by atoms with Crippen LogP contribution in [-0.2, 0) is 4.79 Å². The molecule has 0 aromatic carbocycles. The van der Waals surface area contributed by atoms with Gasteiger partial charge in [-0.15, -0.1) is 6.42 Å². The van der Waals surface area contributed by atoms with Crippen LogP contribution >= 0.6 is 0 Å². The van der Waals surface area contributed by atoms with Gasteiger partial charge in [-0.1, -0.05) is 12.8 Å². The molecular weight excluding hydrogens is 152 g/mol. The number of nitrogens with one attached hydrogen (secondary N) is 1. The summed E-state index contributed by atoms with van der Waals surface area (Å²) in [6.07, 6.45) is 6.03. The van der Waals surface area contributed by atoms with Crippen molar-refractivity contribution in [1.82, 2.24) is 10.2 Å². The number of rotatable bonds is 2. The molecule has 1 N–H and O–H groups in total. The van der Waals surface area contributed by atoms with Gasteiger partial charge in [0.15, 0.2) is 0 Å². The minimum Gasteiger partial charge on any atom is -0.353 e. The minimum atomic E-state index is -0.0187. The highest BCUT2D eigenvalue weighted by molar-refractivity contribution is 5.82. The van der Waals surface area contributed by atoms with E-state index in [2.05, 4.69) is 11.2 Å². The summed E-state index contributed by atoms with van der Waals surface area (Å²) in [7, 11) is 0. The van der Waals surface area contributed by atoms with Crippen LogP contribution in [-0.4, -0.2) is 36.5 Å². The minimum absolute atomic E-state index is 0.0187. The van der Waals surface area contributed by atoms with Crippen molar-refractivity contribution < 1.29 is 4.79 Å². The van der Waals surface area contributed by atoms with Gasteiger partial charge < -0.3 is 5.32 Å². The Bertz CT molecular complexity index is 207. The third kappa shape index (κ3) is 1.77. The van der Waals surface area contributed by atoms with Crippen LogP contribution in [0.3, 0.4) is 0 Å². The van der Waals surface area contributed by atoms with Gasteiger partial charge in [0.1, 0.15) is 0 Å². The first-order valence-corrected chi connectivity index (χ1v) is 4.24. The fourth-order valence-corrected chi connectivity index (χ4v) is 1.51. The van der Waals surface area contributed by atoms with Crippen molar-refractivity contribution >= 4 is 5.91 Å². The zero-order valence-electron chi connectivity index (χ0n) is 7.34. The Morgan fingerprint density at radius 1 is 1.83 bits per heavy atom. The number of piperazine rings is 1. The Balaban J connectivity index is 2.59. The molecule has 0 aromatic heterocycles. The third-order valence-electron chi connectivity index (χ3n) is 2.12. The van der Waals surface area contributed by atoms with Crippen LogP contribution in [0.5, 0.6) is 0 Å². The number of carbonyl (C=O) groups excluding carboxylic acids is 1. The zero-order valence-corrected chi connectivity index (χ0v) is 7.34. The Hall–Kier alpha value is -1.01. The highest BCUT2D eigenvalue weighted by Crippen LogP contribution is 2.06. The summed E-state index contributed by atoms with van der Waals surface area (Å²) in [4.78, 5) is 13.3. The van der Waals surface area contributed by atoms with E-state index >= 15 is 0 Å². The molecule has 1 aliphatic heterocycles. The standard InChI is InChI=1S/C9H14N2O/c1-3-6-11-7-5-10-9(12)8(11)4-2/h1,8H,4-7H2,2H3,(H,10,12). The molecule has 0 bridgehead atoms. The summed E-state index contributed by atoms with van der Waals surface area (Å²) < 4.78 is 0. The molecule has 0 radical (unpaired) electrons. The van der Waals surface area contributed by atoms with E-state index < -0.39 is 0 Å². The van der Waals surface area contributed by atoms with E-state index in [1.54, 1.807) is 0 Å². The maximum absolute atomic E-state index is 11.3. The average Bonchev–Trinajstić information content (AvgIpc) is 2.05. The summed E-state index contributed by atoms with van der Waals surface area (Å²) in [6, 6.07) is -0.0187. The van der Waals surface area contributed by atoms with Crippen LogP contribution < -0.4 is 5.32 Å². The maximum atomic E-state index is 11.3. The van der Waals surface area contributed by atoms with Crippen LogP contribution in [0, 0.1) is 12.3 Å². The van der Waals surface area contributed by atoms with Gasteiger partial charge in [-0.2, -0.15) is 0 Å². The molecule has 1 heterocycles. The smallest absolute Gasteiger partial charge is 0.237 e. The molecule has 1 atom stereocenters. The molecule has 0 saturated carbocycles. The van der Waals surface area contributed by atoms with Gasteiger partial charge in [-0.25, -0.2) is 0 Å². The highest BCUT2D eigenvalue weighted by atomic mass is 16.2. The number of carbonyl (C=O) groups is 1. The van der Waals surface area contributed by atoms with Crippen molar-refractivity contribution in [2.75, 3.05) is 19.6 Å². The first-order valence-electron chi connectivity index (χ1n) is 4.24. The fraction of sp³-hybridized carbons (Fsp3) is 0.667. The van der Waals surface area contributed by atoms with Crippen LogP contribution in [0.2, 0.25) is 0 Å². The van der Waals surface area contributed by atoms with E-state index in [1.807, 2.05) is 11.8 Å². The van der Waals surface area contributed by atoms with Crippen molar-refractivity contribution in [1.29, 1.82) is 0 Å². The summed E-state index contributed by atoms with van der Waals surface area (Å²) >= 11 is 0. The Kier molecular flexibility index (Phi) is 3.12. The normalized spacial score (nSPS) is 24.7. The molecule has 0 aliphatic carbocycles. The van der Waals surface area contributed by atoms with E-state index in [-0.39, 0.29) is 11.9 Å². The van der Waals surface area contributed by atoms with Gasteiger partial charge in [-0.3, -0.25) is 9.69 Å². The lowest BCUT2D eigenvalue weighted by atomic mass is 10.1. The summed E-state index contributed by atoms with van der Waals surface area (Å²) in [6.45, 7) is 4.16. The van der Waals surface area contributed by atoms with Gasteiger partial charge in [0, 0.05) is 13.1 Å². The number of hydrogen-bond donors (Lipinski definition) is 1. The van der Waals surface area contributed by atoms with Crippen molar-refractivity contribution in [3.63, 3.8) is 0 Å². The first-order chi connectivity index (χ1) is 5.79. The van der Waals surface area contributed by atoms with E-state index in [1.165, 1.54) is 0 Å². The van der Waals surface area contributed by atoms with Crippen molar-refractivity contribution in [2.24, 2.45) is 0 Å². The SMILES string of the molecule is C#CCN1CCNC(=O)C1CC. The predicted octanol–water partition coefficient (Wildman–Crippen LogP) is -0.170. The van der Waals surface area contributed by atoms with Crippen LogP contribution in [0.1, 0.15) is 13.3 Å². The molecule has 0 aromatic rings. The number of nitrogens with zero attached hydrogens (tertiary/aromatic N) is 1. The molecule has 0 spiro atoms. The number of amides is 1. The molecule has 3 nitrogen and oxygen atoms in total. The quantitative estimate of drug-likeness (QED) is 0.578. The van der Waals surface area contributed by atoms with Crippen molar-refractivity contribution in [2.45, 2.75) is 19.4 Å². The largest absolute Gasteiger partial charge is 0.353 e. The number of terminal acetylenes is 1. The second-order valence-corrected chi connectivity index (χ2v) is 2.89. The lowest BCUT2D eigenvalue weighted by Crippen LogP contribution is -2.54. The lowest BCUT2D eigenvalue weighted by molar-refractivity contribution is -0.128. The topological polar surface area (TPSA) is 32.3 Å². The molecule has 3 heteroatoms. The highest BCUT2D eigenvalue weighted by Gasteiger charge is 2.26. The molecule has 1 fully saturated rings. The van der Waals surface area contributed by atoms with E-state index in [4.69, 9.17) is 6.42 Å². The maximum Gasteiger partial charge on any atom is 0.237 e. The zero-order chi connectivity index (χ0) is 8.97. The molecule has 12 heavy (non-hydrogen) atoms. The van der Waals surface area contributed by atoms with Crippen LogP contribution in [0.25, 0.3) is 0 Å². The Labute approximate surface area is 73.1 Å². The summed E-state index contributed by atoms with van der Waals surface area (Å²) in [5.41, 5.74) is 0. The monoisotopic (exact) mass is 166 g/mol. The molecule has 66 valence electrons. The summed E-state index contributed by atoms with van der Waals surface area (Å²) in [5, 5.41) is 2.82. The molecule has 1 amide bonds. The van der Waals surface area contributed by atoms with Gasteiger partial charge in [0.05, 0.1) is 12.6 Å². The van der Waals surface area contributed by atoms with E-state index in [0.717, 1.165) is 19.5 Å². The Morgan fingerprint density at radius 2 is 2.58 bits per heavy atom. The third-order valence-corrected chi connectivity index (χ3v) is 2.12. The predicted molar refractivity (Wildman–Crippen MR) is 47.5 cm³/mol. The average molecular weight is 166 g/mol. The molecule has 1 saturated heterocycles. The van der Waals surface area contributed by atoms with E-state index in [0.29, 0.717) is 6.54 Å². The molecule has 1 unspecified atom stereocenters. The van der Waals surface area contributed by atoms with Crippen LogP contribution in [0.15, 0.2) is 0 Å². The van der Waals surface area contributed by atoms with Gasteiger partial charge >= 0.3 is 0 Å².